The van der Waals surface area contributed by atoms with Gasteiger partial charge in [-0.15, -0.1) is 0 Å². The van der Waals surface area contributed by atoms with Gasteiger partial charge in [0.05, 0.1) is 0 Å². The lowest BCUT2D eigenvalue weighted by Crippen LogP contribution is -2.08. The van der Waals surface area contributed by atoms with Gasteiger partial charge in [-0.2, -0.15) is 4.98 Å². The summed E-state index contributed by atoms with van der Waals surface area (Å²) >= 11 is 3.28. The molecule has 2 rings (SSSR count). The normalized spacial score (nSPS) is 10.2. The average Bonchev–Trinajstić information content (AvgIpc) is 2.27. The molecular weight excluding hydrogens is 294 g/mol. The van der Waals surface area contributed by atoms with Crippen LogP contribution in [0.3, 0.4) is 0 Å². The number of benzene rings is 1. The molecule has 0 saturated heterocycles. The lowest BCUT2D eigenvalue weighted by atomic mass is 10.2. The van der Waals surface area contributed by atoms with E-state index in [-0.39, 0.29) is 0 Å². The first-order valence-electron chi connectivity index (χ1n) is 5.39. The van der Waals surface area contributed by atoms with E-state index >= 15 is 0 Å². The lowest BCUT2D eigenvalue weighted by Gasteiger charge is -2.14. The van der Waals surface area contributed by atoms with Gasteiger partial charge in [0.2, 0.25) is 5.95 Å². The Balaban J connectivity index is 2.25. The van der Waals surface area contributed by atoms with Crippen molar-refractivity contribution in [3.05, 3.63) is 34.9 Å². The molecular formula is C12H14BrN5. The van der Waals surface area contributed by atoms with Crippen molar-refractivity contribution in [2.45, 2.75) is 0 Å². The molecule has 0 spiro atoms. The summed E-state index contributed by atoms with van der Waals surface area (Å²) in [6.45, 7) is 0. The van der Waals surface area contributed by atoms with Crippen molar-refractivity contribution in [2.24, 2.45) is 0 Å². The molecule has 0 unspecified atom stereocenters. The summed E-state index contributed by atoms with van der Waals surface area (Å²) in [6.07, 6.45) is 0. The first-order chi connectivity index (χ1) is 8.54. The van der Waals surface area contributed by atoms with Gasteiger partial charge < -0.3 is 16.0 Å². The molecule has 1 heterocycles. The topological polar surface area (TPSA) is 67.1 Å². The highest BCUT2D eigenvalue weighted by atomic mass is 79.9. The molecule has 1 aromatic carbocycles. The van der Waals surface area contributed by atoms with Crippen LogP contribution >= 0.6 is 15.9 Å². The summed E-state index contributed by atoms with van der Waals surface area (Å²) in [4.78, 5) is 10.3. The maximum atomic E-state index is 5.66. The van der Waals surface area contributed by atoms with Crippen LogP contribution in [0.5, 0.6) is 0 Å². The van der Waals surface area contributed by atoms with Gasteiger partial charge in [0.1, 0.15) is 10.4 Å². The van der Waals surface area contributed by atoms with Gasteiger partial charge >= 0.3 is 0 Å². The number of nitrogens with two attached hydrogens (primary N) is 1. The molecule has 0 bridgehead atoms. The largest absolute Gasteiger partial charge is 0.383 e. The van der Waals surface area contributed by atoms with E-state index in [9.17, 15) is 0 Å². The van der Waals surface area contributed by atoms with Gasteiger partial charge in [0.25, 0.3) is 0 Å². The summed E-state index contributed by atoms with van der Waals surface area (Å²) in [7, 11) is 3.99. The van der Waals surface area contributed by atoms with Crippen molar-refractivity contribution in [1.29, 1.82) is 0 Å². The van der Waals surface area contributed by atoms with Crippen molar-refractivity contribution in [3.8, 4) is 0 Å². The van der Waals surface area contributed by atoms with Crippen LogP contribution in [-0.2, 0) is 0 Å². The number of hydrogen-bond acceptors (Lipinski definition) is 5. The number of hydrogen-bond donors (Lipinski definition) is 2. The van der Waals surface area contributed by atoms with Crippen molar-refractivity contribution in [1.82, 2.24) is 9.97 Å². The quantitative estimate of drug-likeness (QED) is 0.853. The van der Waals surface area contributed by atoms with Crippen LogP contribution in [0.25, 0.3) is 0 Å². The van der Waals surface area contributed by atoms with E-state index in [1.165, 1.54) is 0 Å². The fraction of sp³-hybridized carbons (Fsp3) is 0.167. The predicted molar refractivity (Wildman–Crippen MR) is 78.2 cm³/mol. The second kappa shape index (κ2) is 5.22. The summed E-state index contributed by atoms with van der Waals surface area (Å²) < 4.78 is 0.654. The van der Waals surface area contributed by atoms with E-state index in [4.69, 9.17) is 5.73 Å². The number of aromatic nitrogens is 2. The fourth-order valence-electron chi connectivity index (χ4n) is 1.48. The molecule has 5 nitrogen and oxygen atoms in total. The Bertz CT molecular complexity index is 536. The predicted octanol–water partition coefficient (Wildman–Crippen LogP) is 2.63. The Morgan fingerprint density at radius 2 is 2.00 bits per heavy atom. The van der Waals surface area contributed by atoms with Gasteiger partial charge in [-0.25, -0.2) is 4.98 Å². The number of rotatable bonds is 3. The molecule has 0 amide bonds. The summed E-state index contributed by atoms with van der Waals surface area (Å²) in [5.74, 6) is 0.890. The third-order valence-electron chi connectivity index (χ3n) is 2.33. The van der Waals surface area contributed by atoms with Gasteiger partial charge in [-0.1, -0.05) is 6.07 Å². The molecule has 1 aromatic heterocycles. The Kier molecular flexibility index (Phi) is 3.66. The summed E-state index contributed by atoms with van der Waals surface area (Å²) in [5.41, 5.74) is 7.68. The van der Waals surface area contributed by atoms with Crippen LogP contribution in [0.1, 0.15) is 0 Å². The first kappa shape index (κ1) is 12.6. The maximum Gasteiger partial charge on any atom is 0.230 e. The molecule has 0 saturated carbocycles. The fourth-order valence-corrected chi connectivity index (χ4v) is 1.88. The van der Waals surface area contributed by atoms with Crippen LogP contribution in [-0.4, -0.2) is 24.1 Å². The van der Waals surface area contributed by atoms with Gasteiger partial charge in [-0.05, 0) is 34.1 Å². The third kappa shape index (κ3) is 3.10. The lowest BCUT2D eigenvalue weighted by molar-refractivity contribution is 1.13. The van der Waals surface area contributed by atoms with E-state index in [2.05, 4.69) is 31.2 Å². The van der Waals surface area contributed by atoms with E-state index in [0.29, 0.717) is 16.4 Å². The van der Waals surface area contributed by atoms with Crippen LogP contribution in [0.15, 0.2) is 34.9 Å². The zero-order valence-corrected chi connectivity index (χ0v) is 11.8. The van der Waals surface area contributed by atoms with Crippen molar-refractivity contribution in [3.63, 3.8) is 0 Å². The average molecular weight is 308 g/mol. The molecule has 3 N–H and O–H groups in total. The molecule has 0 aliphatic carbocycles. The van der Waals surface area contributed by atoms with Crippen molar-refractivity contribution < 1.29 is 0 Å². The van der Waals surface area contributed by atoms with Crippen LogP contribution < -0.4 is 16.0 Å². The van der Waals surface area contributed by atoms with Crippen LogP contribution in [0.2, 0.25) is 0 Å². The maximum absolute atomic E-state index is 5.66. The number of nitrogens with zero attached hydrogens (tertiary/aromatic N) is 3. The minimum Gasteiger partial charge on any atom is -0.383 e. The van der Waals surface area contributed by atoms with Crippen LogP contribution in [0, 0.1) is 0 Å². The Labute approximate surface area is 114 Å². The van der Waals surface area contributed by atoms with E-state index in [1.54, 1.807) is 6.07 Å². The molecule has 6 heteroatoms. The zero-order chi connectivity index (χ0) is 13.1. The molecule has 2 aromatic rings. The van der Waals surface area contributed by atoms with Crippen LogP contribution in [0.4, 0.5) is 23.1 Å². The SMILES string of the molecule is CN(C)c1cccc(Nc2nc(N)cc(Br)n2)c1. The molecule has 0 aliphatic heterocycles. The number of nitrogen functional groups attached to an aromatic ring is 1. The number of nitrogens with one attached hydrogen (secondary N) is 1. The van der Waals surface area contributed by atoms with E-state index in [1.807, 2.05) is 43.3 Å². The minimum absolute atomic E-state index is 0.420. The van der Waals surface area contributed by atoms with Crippen molar-refractivity contribution >= 4 is 39.1 Å². The van der Waals surface area contributed by atoms with Gasteiger partial charge in [0, 0.05) is 31.5 Å². The minimum atomic E-state index is 0.420. The first-order valence-corrected chi connectivity index (χ1v) is 6.18. The Hall–Kier alpha value is -1.82. The second-order valence-electron chi connectivity index (χ2n) is 4.01. The zero-order valence-electron chi connectivity index (χ0n) is 10.2. The van der Waals surface area contributed by atoms with Crippen molar-refractivity contribution in [2.75, 3.05) is 30.0 Å². The molecule has 0 fully saturated rings. The van der Waals surface area contributed by atoms with E-state index < -0.39 is 0 Å². The van der Waals surface area contributed by atoms with Gasteiger partial charge in [-0.3, -0.25) is 0 Å². The molecule has 0 atom stereocenters. The molecule has 94 valence electrons. The third-order valence-corrected chi connectivity index (χ3v) is 2.74. The Morgan fingerprint density at radius 1 is 1.22 bits per heavy atom. The second-order valence-corrected chi connectivity index (χ2v) is 4.82. The standard InChI is InChI=1S/C12H14BrN5/c1-18(2)9-5-3-4-8(6-9)15-12-16-10(13)7-11(14)17-12/h3-7H,1-2H3,(H3,14,15,16,17). The van der Waals surface area contributed by atoms with E-state index in [0.717, 1.165) is 11.4 Å². The number of anilines is 4. The Morgan fingerprint density at radius 3 is 2.67 bits per heavy atom. The molecule has 0 radical (unpaired) electrons. The summed E-state index contributed by atoms with van der Waals surface area (Å²) in [6, 6.07) is 9.62. The highest BCUT2D eigenvalue weighted by Crippen LogP contribution is 2.21. The molecule has 18 heavy (non-hydrogen) atoms. The summed E-state index contributed by atoms with van der Waals surface area (Å²) in [5, 5.41) is 3.12. The molecule has 0 aliphatic rings. The highest BCUT2D eigenvalue weighted by Gasteiger charge is 2.02. The van der Waals surface area contributed by atoms with Gasteiger partial charge in [0.15, 0.2) is 0 Å². The highest BCUT2D eigenvalue weighted by molar-refractivity contribution is 9.10. The monoisotopic (exact) mass is 307 g/mol. The smallest absolute Gasteiger partial charge is 0.230 e. The number of halogens is 1.